The third-order valence-corrected chi connectivity index (χ3v) is 11.9. The molecular weight excluding hydrogens is 307 g/mol. The van der Waals surface area contributed by atoms with Crippen LogP contribution in [0.15, 0.2) is 24.3 Å². The van der Waals surface area contributed by atoms with Crippen molar-refractivity contribution < 1.29 is 0 Å². The molecule has 0 radical (unpaired) electrons. The van der Waals surface area contributed by atoms with Crippen LogP contribution in [0.5, 0.6) is 0 Å². The fraction of sp³-hybridized carbons (Fsp3) is 0.650. The first-order chi connectivity index (χ1) is 10.7. The highest BCUT2D eigenvalue weighted by atomic mass is 35.5. The molecule has 0 N–H and O–H groups in total. The largest absolute Gasteiger partial charge is 0.304 e. The van der Waals surface area contributed by atoms with E-state index in [1.165, 1.54) is 56.9 Å². The average molecular weight is 337 g/mol. The highest BCUT2D eigenvalue weighted by Gasteiger charge is 2.48. The van der Waals surface area contributed by atoms with Gasteiger partial charge in [0.25, 0.3) is 0 Å². The number of hydrogen-bond acceptors (Lipinski definition) is 0. The van der Waals surface area contributed by atoms with Crippen molar-refractivity contribution in [2.24, 2.45) is 0 Å². The van der Waals surface area contributed by atoms with Crippen LogP contribution < -0.4 is 5.30 Å². The Balaban J connectivity index is 2.05. The summed E-state index contributed by atoms with van der Waals surface area (Å²) in [5, 5.41) is 1.60. The van der Waals surface area contributed by atoms with E-state index < -0.39 is 7.26 Å². The zero-order chi connectivity index (χ0) is 15.6. The predicted octanol–water partition coefficient (Wildman–Crippen LogP) is 6.70. The lowest BCUT2D eigenvalue weighted by atomic mass is 10.0. The maximum absolute atomic E-state index is 6.68. The molecule has 0 saturated heterocycles. The van der Waals surface area contributed by atoms with Crippen molar-refractivity contribution >= 4 is 24.2 Å². The molecule has 0 heterocycles. The third-order valence-electron chi connectivity index (χ3n) is 6.00. The molecule has 2 saturated carbocycles. The molecule has 122 valence electrons. The van der Waals surface area contributed by atoms with E-state index >= 15 is 0 Å². The topological polar surface area (TPSA) is 0 Å². The van der Waals surface area contributed by atoms with Gasteiger partial charge in [0.05, 0.1) is 5.30 Å². The van der Waals surface area contributed by atoms with Gasteiger partial charge in [0.1, 0.15) is 0 Å². The molecule has 1 aromatic rings. The van der Waals surface area contributed by atoms with Gasteiger partial charge < -0.3 is 11.6 Å². The summed E-state index contributed by atoms with van der Waals surface area (Å²) in [6.07, 6.45) is 11.3. The quantitative estimate of drug-likeness (QED) is 0.414. The van der Waals surface area contributed by atoms with E-state index in [-0.39, 0.29) is 0 Å². The lowest BCUT2D eigenvalue weighted by Crippen LogP contribution is -2.29. The van der Waals surface area contributed by atoms with E-state index in [1.807, 2.05) is 0 Å². The molecule has 22 heavy (non-hydrogen) atoms. The van der Waals surface area contributed by atoms with Gasteiger partial charge in [0.2, 0.25) is 0 Å². The number of hydrogen-bond donors (Lipinski definition) is 0. The van der Waals surface area contributed by atoms with Gasteiger partial charge in [-0.1, -0.05) is 38.9 Å². The summed E-state index contributed by atoms with van der Waals surface area (Å²) in [6.45, 7) is 4.60. The van der Waals surface area contributed by atoms with Crippen molar-refractivity contribution in [3.05, 3.63) is 35.5 Å². The highest BCUT2D eigenvalue weighted by molar-refractivity contribution is 7.87. The Morgan fingerprint density at radius 1 is 1.00 bits per heavy atom. The van der Waals surface area contributed by atoms with Crippen LogP contribution in [0.3, 0.4) is 0 Å². The van der Waals surface area contributed by atoms with Crippen molar-refractivity contribution in [1.82, 2.24) is 0 Å². The summed E-state index contributed by atoms with van der Waals surface area (Å²) in [7, 11) is -1.35. The summed E-state index contributed by atoms with van der Waals surface area (Å²) >= 11 is 6.68. The van der Waals surface area contributed by atoms with Crippen molar-refractivity contribution in [1.29, 1.82) is 0 Å². The maximum atomic E-state index is 6.68. The Labute approximate surface area is 142 Å². The Morgan fingerprint density at radius 3 is 2.00 bits per heavy atom. The molecule has 0 spiro atoms. The molecule has 3 rings (SSSR count). The highest BCUT2D eigenvalue weighted by Crippen LogP contribution is 2.75. The second-order valence-electron chi connectivity index (χ2n) is 7.56. The van der Waals surface area contributed by atoms with Gasteiger partial charge in [0, 0.05) is 11.3 Å². The van der Waals surface area contributed by atoms with E-state index in [4.69, 9.17) is 11.6 Å². The fourth-order valence-electron chi connectivity index (χ4n) is 4.72. The molecule has 0 unspecified atom stereocenters. The maximum Gasteiger partial charge on any atom is 0.0667 e. The number of halogens is 1. The molecule has 0 aliphatic heterocycles. The monoisotopic (exact) mass is 336 g/mol. The van der Waals surface area contributed by atoms with Crippen LogP contribution in [0.2, 0.25) is 0 Å². The van der Waals surface area contributed by atoms with Gasteiger partial charge >= 0.3 is 0 Å². The minimum absolute atomic E-state index is 0.601. The van der Waals surface area contributed by atoms with Crippen molar-refractivity contribution in [3.8, 4) is 0 Å². The van der Waals surface area contributed by atoms with Gasteiger partial charge in [0.15, 0.2) is 0 Å². The Kier molecular flexibility index (Phi) is 5.51. The first kappa shape index (κ1) is 16.8. The normalized spacial score (nSPS) is 21.1. The van der Waals surface area contributed by atoms with Crippen LogP contribution in [-0.2, 0) is 0 Å². The van der Waals surface area contributed by atoms with Crippen LogP contribution in [0, 0.1) is 5.62 Å². The molecule has 0 nitrogen and oxygen atoms in total. The van der Waals surface area contributed by atoms with E-state index in [0.29, 0.717) is 5.92 Å². The summed E-state index contributed by atoms with van der Waals surface area (Å²) in [5.41, 5.74) is 5.39. The molecule has 2 aliphatic carbocycles. The smallest absolute Gasteiger partial charge is 0.0667 e. The standard InChI is InChI=1S/C20H30ClP/c1-16(2)17-8-7-13-20(14-17)22(15-21,18-9-3-4-10-18)19-11-5-6-12-19/h7-8,13-16,18-19H,3-6,9-12H2,1-2H3. The van der Waals surface area contributed by atoms with E-state index in [1.54, 1.807) is 5.30 Å². The van der Waals surface area contributed by atoms with Gasteiger partial charge in [-0.2, -0.15) is 0 Å². The number of rotatable bonds is 5. The van der Waals surface area contributed by atoms with Crippen molar-refractivity contribution in [2.75, 3.05) is 0 Å². The van der Waals surface area contributed by atoms with Crippen LogP contribution in [0.4, 0.5) is 0 Å². The number of benzene rings is 1. The zero-order valence-corrected chi connectivity index (χ0v) is 15.8. The third kappa shape index (κ3) is 2.99. The molecule has 0 amide bonds. The summed E-state index contributed by atoms with van der Waals surface area (Å²) in [4.78, 5) is 0. The first-order valence-electron chi connectivity index (χ1n) is 9.11. The summed E-state index contributed by atoms with van der Waals surface area (Å²) in [5.74, 6) is 0.601. The molecule has 2 heteroatoms. The zero-order valence-electron chi connectivity index (χ0n) is 14.1. The summed E-state index contributed by atoms with van der Waals surface area (Å²) in [6, 6.07) is 9.48. The van der Waals surface area contributed by atoms with Gasteiger partial charge in [-0.05, 0) is 75.0 Å². The molecule has 2 fully saturated rings. The molecular formula is C20H30ClP. The lowest BCUT2D eigenvalue weighted by molar-refractivity contribution is 0.822. The van der Waals surface area contributed by atoms with Gasteiger partial charge in [-0.3, -0.25) is 0 Å². The van der Waals surface area contributed by atoms with E-state index in [0.717, 1.165) is 11.3 Å². The molecule has 0 atom stereocenters. The van der Waals surface area contributed by atoms with E-state index in [9.17, 15) is 0 Å². The SMILES string of the molecule is CC(C)c1cccc([P+]([CH-]Cl)(C2CCCC2)C2CCCC2)c1. The van der Waals surface area contributed by atoms with Gasteiger partial charge in [-0.15, -0.1) is 0 Å². The minimum atomic E-state index is -1.35. The van der Waals surface area contributed by atoms with Gasteiger partial charge in [-0.25, -0.2) is 0 Å². The predicted molar refractivity (Wildman–Crippen MR) is 102 cm³/mol. The Bertz CT molecular complexity index is 468. The Hall–Kier alpha value is -0.0600. The van der Waals surface area contributed by atoms with Crippen LogP contribution in [0.25, 0.3) is 0 Å². The first-order valence-corrected chi connectivity index (χ1v) is 11.5. The van der Waals surface area contributed by atoms with Crippen LogP contribution in [-0.4, -0.2) is 11.3 Å². The Morgan fingerprint density at radius 2 is 1.55 bits per heavy atom. The average Bonchev–Trinajstić information content (AvgIpc) is 3.23. The fourth-order valence-corrected chi connectivity index (χ4v) is 11.0. The lowest BCUT2D eigenvalue weighted by Gasteiger charge is -2.44. The van der Waals surface area contributed by atoms with Crippen molar-refractivity contribution in [2.45, 2.75) is 82.4 Å². The van der Waals surface area contributed by atoms with E-state index in [2.05, 4.69) is 43.7 Å². The molecule has 2 aliphatic rings. The minimum Gasteiger partial charge on any atom is -0.304 e. The molecule has 0 bridgehead atoms. The summed E-state index contributed by atoms with van der Waals surface area (Å²) < 4.78 is 0. The molecule has 0 aromatic heterocycles. The molecule has 1 aromatic carbocycles. The second kappa shape index (κ2) is 7.23. The van der Waals surface area contributed by atoms with Crippen LogP contribution in [0.1, 0.15) is 76.7 Å². The van der Waals surface area contributed by atoms with Crippen LogP contribution >= 0.6 is 18.9 Å². The van der Waals surface area contributed by atoms with Crippen molar-refractivity contribution in [3.63, 3.8) is 0 Å². The second-order valence-corrected chi connectivity index (χ2v) is 12.0.